The van der Waals surface area contributed by atoms with E-state index in [0.717, 1.165) is 4.90 Å². The first kappa shape index (κ1) is 17.7. The highest BCUT2D eigenvalue weighted by Gasteiger charge is 2.14. The minimum atomic E-state index is -0.642. The van der Waals surface area contributed by atoms with Crippen molar-refractivity contribution in [3.05, 3.63) is 58.1 Å². The Labute approximate surface area is 148 Å². The number of anilines is 1. The van der Waals surface area contributed by atoms with E-state index in [4.69, 9.17) is 27.9 Å². The molecular weight excluding hydrogens is 357 g/mol. The van der Waals surface area contributed by atoms with Crippen molar-refractivity contribution >= 4 is 52.5 Å². The third-order valence-electron chi connectivity index (χ3n) is 2.86. The molecule has 23 heavy (non-hydrogen) atoms. The smallest absolute Gasteiger partial charge is 0.340 e. The zero-order valence-electron chi connectivity index (χ0n) is 12.1. The van der Waals surface area contributed by atoms with E-state index in [-0.39, 0.29) is 10.6 Å². The highest BCUT2D eigenvalue weighted by atomic mass is 35.5. The highest BCUT2D eigenvalue weighted by molar-refractivity contribution is 7.98. The molecule has 1 N–H and O–H groups in total. The largest absolute Gasteiger partial charge is 0.452 e. The van der Waals surface area contributed by atoms with Crippen LogP contribution < -0.4 is 5.32 Å². The zero-order chi connectivity index (χ0) is 16.8. The lowest BCUT2D eigenvalue weighted by molar-refractivity contribution is -0.119. The Morgan fingerprint density at radius 3 is 2.48 bits per heavy atom. The molecule has 0 aliphatic carbocycles. The lowest BCUT2D eigenvalue weighted by atomic mass is 10.2. The third-order valence-corrected chi connectivity index (χ3v) is 4.16. The second-order valence-electron chi connectivity index (χ2n) is 4.48. The van der Waals surface area contributed by atoms with Gasteiger partial charge in [0.25, 0.3) is 5.91 Å². The average Bonchev–Trinajstić information content (AvgIpc) is 2.55. The van der Waals surface area contributed by atoms with Crippen LogP contribution in [-0.4, -0.2) is 24.7 Å². The molecule has 0 bridgehead atoms. The van der Waals surface area contributed by atoms with Gasteiger partial charge in [0.15, 0.2) is 6.61 Å². The first-order chi connectivity index (χ1) is 11.0. The first-order valence-corrected chi connectivity index (χ1v) is 8.54. The normalized spacial score (nSPS) is 10.2. The monoisotopic (exact) mass is 369 g/mol. The predicted octanol–water partition coefficient (Wildman–Crippen LogP) is 4.51. The molecule has 0 aliphatic rings. The van der Waals surface area contributed by atoms with Crippen molar-refractivity contribution in [3.8, 4) is 0 Å². The summed E-state index contributed by atoms with van der Waals surface area (Å²) in [7, 11) is 0. The summed E-state index contributed by atoms with van der Waals surface area (Å²) < 4.78 is 5.00. The van der Waals surface area contributed by atoms with Crippen LogP contribution in [-0.2, 0) is 9.53 Å². The van der Waals surface area contributed by atoms with Crippen molar-refractivity contribution in [2.45, 2.75) is 4.90 Å². The van der Waals surface area contributed by atoms with Gasteiger partial charge in [-0.15, -0.1) is 11.8 Å². The van der Waals surface area contributed by atoms with Crippen molar-refractivity contribution in [2.24, 2.45) is 0 Å². The summed E-state index contributed by atoms with van der Waals surface area (Å²) in [6.45, 7) is -0.402. The van der Waals surface area contributed by atoms with Gasteiger partial charge in [-0.2, -0.15) is 0 Å². The van der Waals surface area contributed by atoms with Gasteiger partial charge < -0.3 is 10.1 Å². The second kappa shape index (κ2) is 8.24. The van der Waals surface area contributed by atoms with E-state index >= 15 is 0 Å². The number of halogens is 2. The topological polar surface area (TPSA) is 55.4 Å². The number of carbonyl (C=O) groups excluding carboxylic acids is 2. The molecule has 0 unspecified atom stereocenters. The number of benzene rings is 2. The standard InChI is InChI=1S/C16H13Cl2NO3S/c1-23-12-6-7-14(18)13(8-12)16(21)22-9-15(20)19-11-4-2-10(17)3-5-11/h2-8H,9H2,1H3,(H,19,20). The molecule has 4 nitrogen and oxygen atoms in total. The number of amides is 1. The van der Waals surface area contributed by atoms with Crippen LogP contribution in [0.15, 0.2) is 47.4 Å². The quantitative estimate of drug-likeness (QED) is 0.622. The molecule has 1 amide bonds. The zero-order valence-corrected chi connectivity index (χ0v) is 14.5. The van der Waals surface area contributed by atoms with Crippen LogP contribution in [0.25, 0.3) is 0 Å². The van der Waals surface area contributed by atoms with Crippen molar-refractivity contribution in [1.29, 1.82) is 0 Å². The van der Waals surface area contributed by atoms with E-state index in [1.807, 2.05) is 6.26 Å². The average molecular weight is 370 g/mol. The molecule has 2 aromatic rings. The van der Waals surface area contributed by atoms with Crippen molar-refractivity contribution < 1.29 is 14.3 Å². The fourth-order valence-corrected chi connectivity index (χ4v) is 2.49. The van der Waals surface area contributed by atoms with Gasteiger partial charge in [-0.25, -0.2) is 4.79 Å². The molecule has 0 heterocycles. The van der Waals surface area contributed by atoms with Crippen LogP contribution in [0, 0.1) is 0 Å². The number of ether oxygens (including phenoxy) is 1. The SMILES string of the molecule is CSc1ccc(Cl)c(C(=O)OCC(=O)Nc2ccc(Cl)cc2)c1. The summed E-state index contributed by atoms with van der Waals surface area (Å²) in [5, 5.41) is 3.45. The number of hydrogen-bond acceptors (Lipinski definition) is 4. The van der Waals surface area contributed by atoms with E-state index in [1.54, 1.807) is 42.5 Å². The second-order valence-corrected chi connectivity index (χ2v) is 6.20. The maximum atomic E-state index is 12.0. The Kier molecular flexibility index (Phi) is 6.33. The Morgan fingerprint density at radius 2 is 1.83 bits per heavy atom. The molecule has 0 atom stereocenters. The minimum absolute atomic E-state index is 0.234. The number of nitrogens with one attached hydrogen (secondary N) is 1. The van der Waals surface area contributed by atoms with Crippen LogP contribution >= 0.6 is 35.0 Å². The Hall–Kier alpha value is -1.69. The molecule has 120 valence electrons. The summed E-state index contributed by atoms with van der Waals surface area (Å²) in [4.78, 5) is 24.7. The van der Waals surface area contributed by atoms with Crippen molar-refractivity contribution in [1.82, 2.24) is 0 Å². The molecule has 0 saturated heterocycles. The van der Waals surface area contributed by atoms with E-state index in [1.165, 1.54) is 11.8 Å². The van der Waals surface area contributed by atoms with Crippen LogP contribution in [0.3, 0.4) is 0 Å². The van der Waals surface area contributed by atoms with Crippen molar-refractivity contribution in [2.75, 3.05) is 18.2 Å². The summed E-state index contributed by atoms with van der Waals surface area (Å²) in [5.41, 5.74) is 0.802. The van der Waals surface area contributed by atoms with Gasteiger partial charge in [0.2, 0.25) is 0 Å². The molecule has 0 fully saturated rings. The summed E-state index contributed by atoms with van der Waals surface area (Å²) in [6, 6.07) is 11.7. The van der Waals surface area contributed by atoms with Crippen LogP contribution in [0.2, 0.25) is 10.0 Å². The lowest BCUT2D eigenvalue weighted by Gasteiger charge is -2.08. The van der Waals surface area contributed by atoms with Gasteiger partial charge in [-0.3, -0.25) is 4.79 Å². The van der Waals surface area contributed by atoms with Gasteiger partial charge in [-0.05, 0) is 48.7 Å². The Morgan fingerprint density at radius 1 is 1.13 bits per heavy atom. The van der Waals surface area contributed by atoms with Gasteiger partial charge in [-0.1, -0.05) is 23.2 Å². The maximum absolute atomic E-state index is 12.0. The van der Waals surface area contributed by atoms with Gasteiger partial charge in [0, 0.05) is 15.6 Å². The molecule has 0 radical (unpaired) electrons. The van der Waals surface area contributed by atoms with Gasteiger partial charge in [0.05, 0.1) is 10.6 Å². The fraction of sp³-hybridized carbons (Fsp3) is 0.125. The van der Waals surface area contributed by atoms with E-state index in [0.29, 0.717) is 10.7 Å². The minimum Gasteiger partial charge on any atom is -0.452 e. The number of carbonyl (C=O) groups is 2. The molecule has 0 aromatic heterocycles. The molecule has 2 aromatic carbocycles. The molecule has 7 heteroatoms. The molecular formula is C16H13Cl2NO3S. The molecule has 0 saturated carbocycles. The van der Waals surface area contributed by atoms with E-state index in [2.05, 4.69) is 5.32 Å². The number of thioether (sulfide) groups is 1. The molecule has 0 spiro atoms. The summed E-state index contributed by atoms with van der Waals surface area (Å²) in [6.07, 6.45) is 1.89. The lowest BCUT2D eigenvalue weighted by Crippen LogP contribution is -2.21. The third kappa shape index (κ3) is 5.16. The Balaban J connectivity index is 1.93. The molecule has 0 aliphatic heterocycles. The Bertz CT molecular complexity index is 720. The van der Waals surface area contributed by atoms with Crippen LogP contribution in [0.1, 0.15) is 10.4 Å². The van der Waals surface area contributed by atoms with Crippen molar-refractivity contribution in [3.63, 3.8) is 0 Å². The first-order valence-electron chi connectivity index (χ1n) is 6.55. The van der Waals surface area contributed by atoms with Crippen LogP contribution in [0.5, 0.6) is 0 Å². The van der Waals surface area contributed by atoms with Gasteiger partial charge >= 0.3 is 5.97 Å². The number of esters is 1. The highest BCUT2D eigenvalue weighted by Crippen LogP contribution is 2.23. The number of hydrogen-bond donors (Lipinski definition) is 1. The molecule has 2 rings (SSSR count). The van der Waals surface area contributed by atoms with E-state index in [9.17, 15) is 9.59 Å². The predicted molar refractivity (Wildman–Crippen MR) is 93.6 cm³/mol. The van der Waals surface area contributed by atoms with Gasteiger partial charge in [0.1, 0.15) is 0 Å². The number of rotatable bonds is 5. The fourth-order valence-electron chi connectivity index (χ4n) is 1.73. The summed E-state index contributed by atoms with van der Waals surface area (Å²) >= 11 is 13.2. The van der Waals surface area contributed by atoms with Crippen LogP contribution in [0.4, 0.5) is 5.69 Å². The maximum Gasteiger partial charge on any atom is 0.340 e. The van der Waals surface area contributed by atoms with E-state index < -0.39 is 18.5 Å². The summed E-state index contributed by atoms with van der Waals surface area (Å²) in [5.74, 6) is -1.09.